The molecule has 3 rings (SSSR count). The molecule has 1 aliphatic heterocycles. The lowest BCUT2D eigenvalue weighted by Gasteiger charge is -2.36. The third kappa shape index (κ3) is 4.12. The van der Waals surface area contributed by atoms with Gasteiger partial charge in [-0.2, -0.15) is 0 Å². The molecule has 1 fully saturated rings. The fraction of sp³-hybridized carbons (Fsp3) is 0.333. The minimum Gasteiger partial charge on any atom is -0.365 e. The lowest BCUT2D eigenvalue weighted by atomic mass is 10.1. The Morgan fingerprint density at radius 3 is 2.44 bits per heavy atom. The molecule has 0 radical (unpaired) electrons. The molecular formula is C18H21N5O2. The zero-order valence-corrected chi connectivity index (χ0v) is 14.0. The van der Waals surface area contributed by atoms with Gasteiger partial charge in [-0.15, -0.1) is 0 Å². The van der Waals surface area contributed by atoms with E-state index in [4.69, 9.17) is 5.73 Å². The maximum Gasteiger partial charge on any atom is 0.252 e. The number of aryl methyl sites for hydroxylation is 1. The van der Waals surface area contributed by atoms with E-state index < -0.39 is 5.91 Å². The minimum absolute atomic E-state index is 0.126. The zero-order valence-electron chi connectivity index (χ0n) is 14.0. The summed E-state index contributed by atoms with van der Waals surface area (Å²) in [5, 5.41) is 0. The number of primary amides is 1. The Balaban J connectivity index is 1.55. The number of anilines is 1. The first-order valence-corrected chi connectivity index (χ1v) is 8.32. The summed E-state index contributed by atoms with van der Waals surface area (Å²) in [6, 6.07) is 9.09. The van der Waals surface area contributed by atoms with Crippen molar-refractivity contribution in [2.45, 2.75) is 12.8 Å². The average Bonchev–Trinajstić information content (AvgIpc) is 2.67. The number of carbonyl (C=O) groups is 2. The van der Waals surface area contributed by atoms with Crippen LogP contribution in [0.4, 0.5) is 5.82 Å². The van der Waals surface area contributed by atoms with Gasteiger partial charge in [-0.1, -0.05) is 6.07 Å². The van der Waals surface area contributed by atoms with Gasteiger partial charge in [-0.05, 0) is 30.7 Å². The van der Waals surface area contributed by atoms with Crippen molar-refractivity contribution < 1.29 is 9.59 Å². The number of piperazine rings is 1. The standard InChI is InChI=1S/C18H21N5O2/c19-17(25)15-5-3-9-21-18(15)23-12-10-22(11-13-23)16(24)7-6-14-4-1-2-8-20-14/h1-5,8-9H,6-7,10-13H2,(H2,19,25). The molecule has 0 aromatic carbocycles. The van der Waals surface area contributed by atoms with Gasteiger partial charge < -0.3 is 15.5 Å². The van der Waals surface area contributed by atoms with Crippen molar-refractivity contribution in [1.29, 1.82) is 0 Å². The Kier molecular flexibility index (Phi) is 5.23. The van der Waals surface area contributed by atoms with E-state index in [0.717, 1.165) is 5.69 Å². The van der Waals surface area contributed by atoms with Crippen LogP contribution in [-0.4, -0.2) is 52.9 Å². The van der Waals surface area contributed by atoms with E-state index in [1.807, 2.05) is 28.0 Å². The van der Waals surface area contributed by atoms with Gasteiger partial charge in [0.2, 0.25) is 5.91 Å². The SMILES string of the molecule is NC(=O)c1cccnc1N1CCN(C(=O)CCc2ccccn2)CC1. The second-order valence-corrected chi connectivity index (χ2v) is 5.93. The highest BCUT2D eigenvalue weighted by molar-refractivity contribution is 5.97. The summed E-state index contributed by atoms with van der Waals surface area (Å²) in [6.45, 7) is 2.48. The van der Waals surface area contributed by atoms with E-state index in [1.165, 1.54) is 0 Å². The van der Waals surface area contributed by atoms with Crippen LogP contribution in [0.2, 0.25) is 0 Å². The van der Waals surface area contributed by atoms with Gasteiger partial charge in [-0.3, -0.25) is 14.6 Å². The van der Waals surface area contributed by atoms with E-state index in [-0.39, 0.29) is 5.91 Å². The van der Waals surface area contributed by atoms with E-state index >= 15 is 0 Å². The smallest absolute Gasteiger partial charge is 0.252 e. The van der Waals surface area contributed by atoms with Crippen LogP contribution in [0.3, 0.4) is 0 Å². The number of rotatable bonds is 5. The lowest BCUT2D eigenvalue weighted by Crippen LogP contribution is -2.49. The molecule has 1 aliphatic rings. The highest BCUT2D eigenvalue weighted by atomic mass is 16.2. The van der Waals surface area contributed by atoms with Crippen LogP contribution in [0.1, 0.15) is 22.5 Å². The Morgan fingerprint density at radius 1 is 1.00 bits per heavy atom. The second kappa shape index (κ2) is 7.74. The number of hydrogen-bond donors (Lipinski definition) is 1. The second-order valence-electron chi connectivity index (χ2n) is 5.93. The molecule has 0 spiro atoms. The summed E-state index contributed by atoms with van der Waals surface area (Å²) in [6.07, 6.45) is 4.48. The van der Waals surface area contributed by atoms with Crippen molar-refractivity contribution in [2.75, 3.05) is 31.1 Å². The fourth-order valence-corrected chi connectivity index (χ4v) is 2.95. The van der Waals surface area contributed by atoms with Crippen LogP contribution in [0.15, 0.2) is 42.7 Å². The quantitative estimate of drug-likeness (QED) is 0.872. The van der Waals surface area contributed by atoms with Gasteiger partial charge in [0.1, 0.15) is 5.82 Å². The van der Waals surface area contributed by atoms with Gasteiger partial charge in [0.25, 0.3) is 5.91 Å². The molecular weight excluding hydrogens is 318 g/mol. The summed E-state index contributed by atoms with van der Waals surface area (Å²) in [7, 11) is 0. The van der Waals surface area contributed by atoms with Crippen LogP contribution >= 0.6 is 0 Å². The summed E-state index contributed by atoms with van der Waals surface area (Å²) in [5.74, 6) is 0.231. The monoisotopic (exact) mass is 339 g/mol. The molecule has 2 amide bonds. The first-order chi connectivity index (χ1) is 12.1. The summed E-state index contributed by atoms with van der Waals surface area (Å²) in [5.41, 5.74) is 6.75. The fourth-order valence-electron chi connectivity index (χ4n) is 2.95. The van der Waals surface area contributed by atoms with Crippen molar-refractivity contribution in [2.24, 2.45) is 5.73 Å². The number of nitrogens with zero attached hydrogens (tertiary/aromatic N) is 4. The molecule has 130 valence electrons. The van der Waals surface area contributed by atoms with Crippen molar-refractivity contribution >= 4 is 17.6 Å². The van der Waals surface area contributed by atoms with Gasteiger partial charge >= 0.3 is 0 Å². The number of aromatic nitrogens is 2. The molecule has 7 heteroatoms. The molecule has 1 saturated heterocycles. The van der Waals surface area contributed by atoms with Crippen molar-refractivity contribution in [3.05, 3.63) is 54.0 Å². The van der Waals surface area contributed by atoms with E-state index in [9.17, 15) is 9.59 Å². The van der Waals surface area contributed by atoms with Crippen molar-refractivity contribution in [3.63, 3.8) is 0 Å². The van der Waals surface area contributed by atoms with Gasteiger partial charge in [0.15, 0.2) is 0 Å². The first-order valence-electron chi connectivity index (χ1n) is 8.32. The largest absolute Gasteiger partial charge is 0.365 e. The predicted octanol–water partition coefficient (Wildman–Crippen LogP) is 0.857. The molecule has 0 unspecified atom stereocenters. The highest BCUT2D eigenvalue weighted by Crippen LogP contribution is 2.19. The van der Waals surface area contributed by atoms with Crippen molar-refractivity contribution in [3.8, 4) is 0 Å². The summed E-state index contributed by atoms with van der Waals surface area (Å²) >= 11 is 0. The van der Waals surface area contributed by atoms with Crippen LogP contribution in [0.5, 0.6) is 0 Å². The topological polar surface area (TPSA) is 92.4 Å². The third-order valence-corrected chi connectivity index (χ3v) is 4.31. The Morgan fingerprint density at radius 2 is 1.76 bits per heavy atom. The molecule has 7 nitrogen and oxygen atoms in total. The van der Waals surface area contributed by atoms with Crippen LogP contribution < -0.4 is 10.6 Å². The molecule has 2 aromatic rings. The van der Waals surface area contributed by atoms with Gasteiger partial charge in [-0.25, -0.2) is 4.98 Å². The number of amides is 2. The predicted molar refractivity (Wildman–Crippen MR) is 94.1 cm³/mol. The first kappa shape index (κ1) is 16.9. The molecule has 0 aliphatic carbocycles. The number of hydrogen-bond acceptors (Lipinski definition) is 5. The summed E-state index contributed by atoms with van der Waals surface area (Å²) < 4.78 is 0. The number of nitrogens with two attached hydrogens (primary N) is 1. The molecule has 3 heterocycles. The van der Waals surface area contributed by atoms with Crippen LogP contribution in [0, 0.1) is 0 Å². The maximum atomic E-state index is 12.4. The van der Waals surface area contributed by atoms with E-state index in [1.54, 1.807) is 24.5 Å². The summed E-state index contributed by atoms with van der Waals surface area (Å²) in [4.78, 5) is 36.3. The van der Waals surface area contributed by atoms with Gasteiger partial charge in [0, 0.05) is 50.7 Å². The van der Waals surface area contributed by atoms with Crippen molar-refractivity contribution in [1.82, 2.24) is 14.9 Å². The molecule has 0 saturated carbocycles. The van der Waals surface area contributed by atoms with Gasteiger partial charge in [0.05, 0.1) is 5.56 Å². The van der Waals surface area contributed by atoms with E-state index in [2.05, 4.69) is 9.97 Å². The molecule has 25 heavy (non-hydrogen) atoms. The highest BCUT2D eigenvalue weighted by Gasteiger charge is 2.24. The zero-order chi connectivity index (χ0) is 17.6. The lowest BCUT2D eigenvalue weighted by molar-refractivity contribution is -0.131. The minimum atomic E-state index is -0.489. The van der Waals surface area contributed by atoms with Crippen LogP contribution in [-0.2, 0) is 11.2 Å². The Labute approximate surface area is 146 Å². The Hall–Kier alpha value is -2.96. The third-order valence-electron chi connectivity index (χ3n) is 4.31. The molecule has 0 bridgehead atoms. The number of carbonyl (C=O) groups excluding carboxylic acids is 2. The van der Waals surface area contributed by atoms with E-state index in [0.29, 0.717) is 50.4 Å². The Bertz CT molecular complexity index is 742. The normalized spacial score (nSPS) is 14.4. The molecule has 0 atom stereocenters. The number of pyridine rings is 2. The molecule has 2 aromatic heterocycles. The van der Waals surface area contributed by atoms with Crippen LogP contribution in [0.25, 0.3) is 0 Å². The average molecular weight is 339 g/mol. The maximum absolute atomic E-state index is 12.4. The molecule has 2 N–H and O–H groups in total.